The Morgan fingerprint density at radius 3 is 2.06 bits per heavy atom. The Kier molecular flexibility index (Phi) is 18.1. The molecule has 5 rings (SSSR count). The molecule has 1 fully saturated rings. The number of aromatic amines is 1. The number of urea groups is 1. The molecule has 0 spiro atoms. The van der Waals surface area contributed by atoms with E-state index >= 15 is 0 Å². The molecule has 3 atom stereocenters. The van der Waals surface area contributed by atoms with E-state index in [0.717, 1.165) is 40.4 Å². The number of carbonyl (C=O) groups is 6. The second-order valence-electron chi connectivity index (χ2n) is 16.4. The highest BCUT2D eigenvalue weighted by atomic mass is 16.2. The molecule has 3 aromatic carbocycles. The lowest BCUT2D eigenvalue weighted by atomic mass is 9.73. The predicted molar refractivity (Wildman–Crippen MR) is 246 cm³/mol. The third kappa shape index (κ3) is 14.3. The normalized spacial score (nSPS) is 17.2. The lowest BCUT2D eigenvalue weighted by Crippen LogP contribution is -2.65. The molecule has 1 aliphatic rings. The number of nitrogens with two attached hydrogens (primary N) is 3. The zero-order valence-electron chi connectivity index (χ0n) is 36.5. The van der Waals surface area contributed by atoms with Crippen LogP contribution >= 0.6 is 0 Å². The first-order chi connectivity index (χ1) is 30.9. The number of benzene rings is 3. The third-order valence-electron chi connectivity index (χ3n) is 11.6. The number of rotatable bonds is 23. The average Bonchev–Trinajstić information content (AvgIpc) is 3.70. The Balaban J connectivity index is 1.41. The Hall–Kier alpha value is -6.91. The van der Waals surface area contributed by atoms with E-state index in [4.69, 9.17) is 17.2 Å². The van der Waals surface area contributed by atoms with Gasteiger partial charge in [0.05, 0.1) is 0 Å². The van der Waals surface area contributed by atoms with Crippen molar-refractivity contribution in [3.8, 4) is 0 Å². The summed E-state index contributed by atoms with van der Waals surface area (Å²) in [6.07, 6.45) is 5.68. The molecule has 1 aromatic heterocycles. The number of fused-ring (bicyclic) bond motifs is 1. The van der Waals surface area contributed by atoms with Crippen LogP contribution in [0.5, 0.6) is 0 Å². The topological polar surface area (TPSA) is 281 Å². The molecule has 17 heteroatoms. The van der Waals surface area contributed by atoms with Gasteiger partial charge < -0.3 is 54.1 Å². The molecule has 7 amide bonds. The van der Waals surface area contributed by atoms with Crippen LogP contribution in [0.4, 0.5) is 4.79 Å². The molecule has 0 saturated heterocycles. The zero-order chi connectivity index (χ0) is 45.9. The van der Waals surface area contributed by atoms with Crippen LogP contribution in [0, 0.1) is 0 Å². The van der Waals surface area contributed by atoms with E-state index in [9.17, 15) is 28.8 Å². The molecule has 0 aliphatic heterocycles. The maximum atomic E-state index is 14.7. The molecule has 64 heavy (non-hydrogen) atoms. The maximum Gasteiger partial charge on any atom is 0.315 e. The molecule has 0 bridgehead atoms. The molecule has 3 unspecified atom stereocenters. The SMILES string of the molecule is CCCCNC(=O)NC1(C(=O)NC(Cc2ccccc2)C(=O)NC(CCCN=C(N)N)C(=O)NC(Cc2c[nH]c3ccccc23)C(=O)NCCC(N)=O)CCC(c2ccccc2)CC1. The van der Waals surface area contributed by atoms with Crippen molar-refractivity contribution < 1.29 is 28.8 Å². The number of aromatic nitrogens is 1. The number of hydrogen-bond donors (Lipinski definition) is 10. The van der Waals surface area contributed by atoms with Crippen LogP contribution in [0.15, 0.2) is 96.1 Å². The van der Waals surface area contributed by atoms with Gasteiger partial charge in [0.1, 0.15) is 23.7 Å². The number of para-hydroxylation sites is 1. The first kappa shape index (κ1) is 48.1. The van der Waals surface area contributed by atoms with Crippen molar-refractivity contribution in [2.24, 2.45) is 22.2 Å². The first-order valence-electron chi connectivity index (χ1n) is 22.1. The second-order valence-corrected chi connectivity index (χ2v) is 16.4. The summed E-state index contributed by atoms with van der Waals surface area (Å²) in [5.41, 5.74) is 18.6. The smallest absolute Gasteiger partial charge is 0.315 e. The van der Waals surface area contributed by atoms with Crippen molar-refractivity contribution in [1.82, 2.24) is 36.9 Å². The van der Waals surface area contributed by atoms with Gasteiger partial charge in [0.25, 0.3) is 0 Å². The number of primary amides is 1. The van der Waals surface area contributed by atoms with Gasteiger partial charge in [-0.15, -0.1) is 0 Å². The lowest BCUT2D eigenvalue weighted by Gasteiger charge is -2.40. The largest absolute Gasteiger partial charge is 0.370 e. The molecule has 1 heterocycles. The van der Waals surface area contributed by atoms with Crippen LogP contribution in [-0.4, -0.2) is 89.8 Å². The summed E-state index contributed by atoms with van der Waals surface area (Å²) in [4.78, 5) is 89.3. The third-order valence-corrected chi connectivity index (χ3v) is 11.6. The number of amides is 7. The van der Waals surface area contributed by atoms with Crippen LogP contribution in [0.25, 0.3) is 10.9 Å². The molecule has 17 nitrogen and oxygen atoms in total. The van der Waals surface area contributed by atoms with Crippen molar-refractivity contribution in [3.63, 3.8) is 0 Å². The quantitative estimate of drug-likeness (QED) is 0.0300. The summed E-state index contributed by atoms with van der Waals surface area (Å²) in [5, 5.41) is 18.1. The van der Waals surface area contributed by atoms with Crippen LogP contribution < -0.4 is 49.1 Å². The summed E-state index contributed by atoms with van der Waals surface area (Å²) in [6, 6.07) is 22.7. The van der Waals surface area contributed by atoms with Crippen LogP contribution in [0.3, 0.4) is 0 Å². The van der Waals surface area contributed by atoms with E-state index in [1.54, 1.807) is 6.20 Å². The first-order valence-corrected chi connectivity index (χ1v) is 22.1. The zero-order valence-corrected chi connectivity index (χ0v) is 36.5. The Bertz CT molecular complexity index is 2200. The Labute approximate surface area is 373 Å². The molecule has 0 radical (unpaired) electrons. The van der Waals surface area contributed by atoms with Crippen molar-refractivity contribution in [1.29, 1.82) is 0 Å². The van der Waals surface area contributed by atoms with Gasteiger partial charge in [-0.3, -0.25) is 29.0 Å². The van der Waals surface area contributed by atoms with Gasteiger partial charge >= 0.3 is 6.03 Å². The standard InChI is InChI=1S/C47H63N11O6/c1-2-3-25-53-46(64)58-47(23-20-33(21-24-47)32-15-8-5-9-16-32)44(63)57-38(28-31-13-6-4-7-14-31)43(62)55-37(19-12-26-52-45(49)50)42(61)56-39(41(60)51-27-22-40(48)59)29-34-30-54-36-18-11-10-17-35(34)36/h4-11,13-18,30,33,37-39,54H,2-3,12,19-29H2,1H3,(H2,48,59)(H,51,60)(H,55,62)(H,56,61)(H,57,63)(H4,49,50,52)(H2,53,58,64). The number of nitrogens with one attached hydrogen (secondary N) is 7. The monoisotopic (exact) mass is 877 g/mol. The molecular weight excluding hydrogens is 815 g/mol. The molecule has 13 N–H and O–H groups in total. The summed E-state index contributed by atoms with van der Waals surface area (Å²) in [7, 11) is 0. The number of unbranched alkanes of at least 4 members (excludes halogenated alkanes) is 1. The Morgan fingerprint density at radius 1 is 0.734 bits per heavy atom. The van der Waals surface area contributed by atoms with Crippen molar-refractivity contribution in [3.05, 3.63) is 108 Å². The van der Waals surface area contributed by atoms with E-state index < -0.39 is 59.2 Å². The lowest BCUT2D eigenvalue weighted by molar-refractivity contribution is -0.135. The van der Waals surface area contributed by atoms with Gasteiger partial charge in [-0.25, -0.2) is 4.79 Å². The highest BCUT2D eigenvalue weighted by molar-refractivity contribution is 5.97. The van der Waals surface area contributed by atoms with E-state index in [-0.39, 0.29) is 57.1 Å². The van der Waals surface area contributed by atoms with Crippen LogP contribution in [0.1, 0.15) is 87.3 Å². The minimum Gasteiger partial charge on any atom is -0.370 e. The number of nitrogens with zero attached hydrogens (tertiary/aromatic N) is 1. The summed E-state index contributed by atoms with van der Waals surface area (Å²) in [6.45, 7) is 2.56. The number of guanidine groups is 1. The molecule has 4 aromatic rings. The predicted octanol–water partition coefficient (Wildman–Crippen LogP) is 2.65. The van der Waals surface area contributed by atoms with E-state index in [1.165, 1.54) is 0 Å². The molecule has 1 aliphatic carbocycles. The Morgan fingerprint density at radius 2 is 1.38 bits per heavy atom. The highest BCUT2D eigenvalue weighted by Gasteiger charge is 2.45. The van der Waals surface area contributed by atoms with E-state index in [0.29, 0.717) is 32.2 Å². The number of H-pyrrole nitrogens is 1. The van der Waals surface area contributed by atoms with E-state index in [1.807, 2.05) is 79.7 Å². The fourth-order valence-corrected chi connectivity index (χ4v) is 8.05. The fourth-order valence-electron chi connectivity index (χ4n) is 8.05. The van der Waals surface area contributed by atoms with Crippen molar-refractivity contribution >= 4 is 52.4 Å². The van der Waals surface area contributed by atoms with Crippen LogP contribution in [0.2, 0.25) is 0 Å². The fraction of sp³-hybridized carbons (Fsp3) is 0.426. The van der Waals surface area contributed by atoms with Gasteiger partial charge in [0.2, 0.25) is 29.5 Å². The molecule has 1 saturated carbocycles. The summed E-state index contributed by atoms with van der Waals surface area (Å²) >= 11 is 0. The maximum absolute atomic E-state index is 14.7. The molecule has 342 valence electrons. The van der Waals surface area contributed by atoms with Crippen molar-refractivity contribution in [2.45, 2.75) is 107 Å². The van der Waals surface area contributed by atoms with Crippen LogP contribution in [-0.2, 0) is 36.8 Å². The minimum atomic E-state index is -1.33. The van der Waals surface area contributed by atoms with E-state index in [2.05, 4.69) is 54.0 Å². The second kappa shape index (κ2) is 24.1. The highest BCUT2D eigenvalue weighted by Crippen LogP contribution is 2.38. The summed E-state index contributed by atoms with van der Waals surface area (Å²) in [5.74, 6) is -2.95. The van der Waals surface area contributed by atoms with Gasteiger partial charge in [-0.05, 0) is 73.6 Å². The number of aliphatic imine (C=N–C) groups is 1. The van der Waals surface area contributed by atoms with Gasteiger partial charge in [-0.1, -0.05) is 92.2 Å². The van der Waals surface area contributed by atoms with Gasteiger partial charge in [-0.2, -0.15) is 0 Å². The van der Waals surface area contributed by atoms with Gasteiger partial charge in [0.15, 0.2) is 5.96 Å². The molecular formula is C47H63N11O6. The minimum absolute atomic E-state index is 0.0440. The van der Waals surface area contributed by atoms with Gasteiger partial charge in [0, 0.05) is 56.0 Å². The number of carbonyl (C=O) groups excluding carboxylic acids is 6. The number of hydrogen-bond acceptors (Lipinski definition) is 7. The van der Waals surface area contributed by atoms with Crippen molar-refractivity contribution in [2.75, 3.05) is 19.6 Å². The average molecular weight is 878 g/mol. The summed E-state index contributed by atoms with van der Waals surface area (Å²) < 4.78 is 0.